The number of benzene rings is 2. The molecule has 0 spiro atoms. The molecule has 2 aromatic carbocycles. The molecule has 1 N–H and O–H groups in total. The number of amides is 1. The molecule has 0 saturated carbocycles. The zero-order valence-corrected chi connectivity index (χ0v) is 15.3. The fourth-order valence-corrected chi connectivity index (χ4v) is 3.38. The molecule has 25 heavy (non-hydrogen) atoms. The number of hydrogen-bond donors (Lipinski definition) is 1. The summed E-state index contributed by atoms with van der Waals surface area (Å²) in [6, 6.07) is 16.5. The molecule has 1 heterocycles. The fourth-order valence-electron chi connectivity index (χ4n) is 3.38. The number of hydrogen-bond acceptors (Lipinski definition) is 2. The third-order valence-corrected chi connectivity index (χ3v) is 5.09. The van der Waals surface area contributed by atoms with E-state index in [4.69, 9.17) is 0 Å². The van der Waals surface area contributed by atoms with Crippen molar-refractivity contribution in [1.82, 2.24) is 5.32 Å². The van der Waals surface area contributed by atoms with Gasteiger partial charge in [-0.1, -0.05) is 31.2 Å². The molecule has 0 aromatic heterocycles. The molecule has 0 unspecified atom stereocenters. The number of carbonyl (C=O) groups is 1. The Morgan fingerprint density at radius 1 is 1.00 bits per heavy atom. The van der Waals surface area contributed by atoms with Crippen LogP contribution in [-0.4, -0.2) is 19.0 Å². The smallest absolute Gasteiger partial charge is 0.251 e. The third-order valence-electron chi connectivity index (χ3n) is 5.09. The fraction of sp³-hybridized carbons (Fsp3) is 0.409. The normalized spacial score (nSPS) is 15.7. The lowest BCUT2D eigenvalue weighted by Gasteiger charge is -2.28. The third kappa shape index (κ3) is 4.41. The molecule has 1 aliphatic heterocycles. The molecule has 1 atom stereocenters. The lowest BCUT2D eigenvalue weighted by molar-refractivity contribution is 0.0940. The van der Waals surface area contributed by atoms with Crippen LogP contribution in [0.3, 0.4) is 0 Å². The van der Waals surface area contributed by atoms with Crippen LogP contribution in [0.2, 0.25) is 0 Å². The largest absolute Gasteiger partial charge is 0.372 e. The standard InChI is InChI=1S/C22H28N2O/c1-3-18-7-9-19(10-8-18)17(2)23-22(25)20-11-13-21(14-12-20)24-15-5-4-6-16-24/h7-14,17H,3-6,15-16H2,1-2H3,(H,23,25)/t17-/m1/s1. The van der Waals surface area contributed by atoms with Gasteiger partial charge in [0.25, 0.3) is 5.91 Å². The summed E-state index contributed by atoms with van der Waals surface area (Å²) in [5, 5.41) is 3.10. The van der Waals surface area contributed by atoms with Crippen molar-refractivity contribution in [2.45, 2.75) is 45.6 Å². The second kappa shape index (κ2) is 8.19. The molecule has 0 radical (unpaired) electrons. The van der Waals surface area contributed by atoms with Crippen LogP contribution in [-0.2, 0) is 6.42 Å². The second-order valence-electron chi connectivity index (χ2n) is 6.88. The van der Waals surface area contributed by atoms with Gasteiger partial charge in [0.1, 0.15) is 0 Å². The molecule has 132 valence electrons. The summed E-state index contributed by atoms with van der Waals surface area (Å²) in [4.78, 5) is 14.9. The van der Waals surface area contributed by atoms with Crippen molar-refractivity contribution in [3.63, 3.8) is 0 Å². The minimum atomic E-state index is -0.0164. The second-order valence-corrected chi connectivity index (χ2v) is 6.88. The molecule has 0 bridgehead atoms. The maximum absolute atomic E-state index is 12.5. The van der Waals surface area contributed by atoms with Gasteiger partial charge in [0.15, 0.2) is 0 Å². The van der Waals surface area contributed by atoms with E-state index in [1.807, 2.05) is 19.1 Å². The first kappa shape index (κ1) is 17.5. The molecule has 2 aromatic rings. The van der Waals surface area contributed by atoms with Crippen molar-refractivity contribution in [3.8, 4) is 0 Å². The average molecular weight is 336 g/mol. The molecule has 3 rings (SSSR count). The Bertz CT molecular complexity index is 685. The van der Waals surface area contributed by atoms with Crippen LogP contribution in [0.5, 0.6) is 0 Å². The Morgan fingerprint density at radius 2 is 1.64 bits per heavy atom. The van der Waals surface area contributed by atoms with Gasteiger partial charge in [0.2, 0.25) is 0 Å². The number of rotatable bonds is 5. The van der Waals surface area contributed by atoms with E-state index in [0.717, 1.165) is 30.6 Å². The van der Waals surface area contributed by atoms with Crippen LogP contribution < -0.4 is 10.2 Å². The van der Waals surface area contributed by atoms with E-state index in [2.05, 4.69) is 53.5 Å². The Labute approximate surface area is 151 Å². The van der Waals surface area contributed by atoms with E-state index in [1.54, 1.807) is 0 Å². The van der Waals surface area contributed by atoms with Crippen LogP contribution in [0, 0.1) is 0 Å². The van der Waals surface area contributed by atoms with Gasteiger partial charge in [0, 0.05) is 24.3 Å². The summed E-state index contributed by atoms with van der Waals surface area (Å²) >= 11 is 0. The first-order valence-electron chi connectivity index (χ1n) is 9.42. The van der Waals surface area contributed by atoms with Gasteiger partial charge in [-0.15, -0.1) is 0 Å². The van der Waals surface area contributed by atoms with Gasteiger partial charge in [0.05, 0.1) is 6.04 Å². The number of aryl methyl sites for hydroxylation is 1. The highest BCUT2D eigenvalue weighted by molar-refractivity contribution is 5.94. The number of nitrogens with zero attached hydrogens (tertiary/aromatic N) is 1. The van der Waals surface area contributed by atoms with Crippen LogP contribution in [0.25, 0.3) is 0 Å². The van der Waals surface area contributed by atoms with Crippen LogP contribution in [0.1, 0.15) is 60.6 Å². The number of nitrogens with one attached hydrogen (secondary N) is 1. The van der Waals surface area contributed by atoms with Crippen LogP contribution >= 0.6 is 0 Å². The SMILES string of the molecule is CCc1ccc([C@@H](C)NC(=O)c2ccc(N3CCCCC3)cc2)cc1. The molecular formula is C22H28N2O. The lowest BCUT2D eigenvalue weighted by Crippen LogP contribution is -2.29. The maximum atomic E-state index is 12.5. The molecule has 1 aliphatic rings. The summed E-state index contributed by atoms with van der Waals surface area (Å²) < 4.78 is 0. The Hall–Kier alpha value is -2.29. The predicted molar refractivity (Wildman–Crippen MR) is 104 cm³/mol. The first-order valence-corrected chi connectivity index (χ1v) is 9.42. The first-order chi connectivity index (χ1) is 12.2. The van der Waals surface area contributed by atoms with E-state index in [1.165, 1.54) is 30.5 Å². The van der Waals surface area contributed by atoms with Gasteiger partial charge in [-0.3, -0.25) is 4.79 Å². The van der Waals surface area contributed by atoms with Gasteiger partial charge in [-0.25, -0.2) is 0 Å². The quantitative estimate of drug-likeness (QED) is 0.856. The van der Waals surface area contributed by atoms with Crippen molar-refractivity contribution < 1.29 is 4.79 Å². The molecule has 1 amide bonds. The highest BCUT2D eigenvalue weighted by Crippen LogP contribution is 2.21. The Morgan fingerprint density at radius 3 is 2.24 bits per heavy atom. The summed E-state index contributed by atoms with van der Waals surface area (Å²) in [6.45, 7) is 6.42. The van der Waals surface area contributed by atoms with Crippen molar-refractivity contribution >= 4 is 11.6 Å². The number of carbonyl (C=O) groups excluding carboxylic acids is 1. The zero-order chi connectivity index (χ0) is 17.6. The highest BCUT2D eigenvalue weighted by Gasteiger charge is 2.14. The van der Waals surface area contributed by atoms with Gasteiger partial charge in [-0.05, 0) is 68.0 Å². The van der Waals surface area contributed by atoms with Crippen molar-refractivity contribution in [2.24, 2.45) is 0 Å². The summed E-state index contributed by atoms with van der Waals surface area (Å²) in [7, 11) is 0. The minimum absolute atomic E-state index is 0.000164. The molecule has 0 aliphatic carbocycles. The van der Waals surface area contributed by atoms with Crippen LogP contribution in [0.4, 0.5) is 5.69 Å². The molecule has 3 nitrogen and oxygen atoms in total. The molecular weight excluding hydrogens is 308 g/mol. The van der Waals surface area contributed by atoms with Crippen molar-refractivity contribution in [1.29, 1.82) is 0 Å². The highest BCUT2D eigenvalue weighted by atomic mass is 16.1. The average Bonchev–Trinajstić information content (AvgIpc) is 2.68. The van der Waals surface area contributed by atoms with Crippen LogP contribution in [0.15, 0.2) is 48.5 Å². The zero-order valence-electron chi connectivity index (χ0n) is 15.3. The van der Waals surface area contributed by atoms with Gasteiger partial charge < -0.3 is 10.2 Å². The Kier molecular flexibility index (Phi) is 5.75. The monoisotopic (exact) mass is 336 g/mol. The summed E-state index contributed by atoms with van der Waals surface area (Å²) in [5.41, 5.74) is 4.39. The lowest BCUT2D eigenvalue weighted by atomic mass is 10.0. The minimum Gasteiger partial charge on any atom is -0.372 e. The molecule has 3 heteroatoms. The van der Waals surface area contributed by atoms with Gasteiger partial charge in [-0.2, -0.15) is 0 Å². The molecule has 1 fully saturated rings. The van der Waals surface area contributed by atoms with Crippen molar-refractivity contribution in [2.75, 3.05) is 18.0 Å². The van der Waals surface area contributed by atoms with E-state index < -0.39 is 0 Å². The Balaban J connectivity index is 1.61. The number of piperidine rings is 1. The van der Waals surface area contributed by atoms with E-state index in [9.17, 15) is 4.79 Å². The van der Waals surface area contributed by atoms with Crippen molar-refractivity contribution in [3.05, 3.63) is 65.2 Å². The summed E-state index contributed by atoms with van der Waals surface area (Å²) in [5.74, 6) is -0.0164. The van der Waals surface area contributed by atoms with E-state index in [0.29, 0.717) is 0 Å². The van der Waals surface area contributed by atoms with E-state index >= 15 is 0 Å². The predicted octanol–water partition coefficient (Wildman–Crippen LogP) is 4.73. The summed E-state index contributed by atoms with van der Waals surface area (Å²) in [6.07, 6.45) is 4.88. The van der Waals surface area contributed by atoms with E-state index in [-0.39, 0.29) is 11.9 Å². The molecule has 1 saturated heterocycles. The van der Waals surface area contributed by atoms with Gasteiger partial charge >= 0.3 is 0 Å². The maximum Gasteiger partial charge on any atom is 0.251 e. The number of anilines is 1. The topological polar surface area (TPSA) is 32.3 Å².